The molecule has 1 aromatic carbocycles. The molecule has 1 unspecified atom stereocenters. The number of pyridine rings is 1. The molecule has 140 valence electrons. The van der Waals surface area contributed by atoms with Crippen LogP contribution in [-0.2, 0) is 12.5 Å². The van der Waals surface area contributed by atoms with E-state index >= 15 is 0 Å². The molecule has 3 aromatic rings. The quantitative estimate of drug-likeness (QED) is 0.480. The van der Waals surface area contributed by atoms with Gasteiger partial charge in [0, 0.05) is 30.6 Å². The number of rotatable bonds is 5. The van der Waals surface area contributed by atoms with Crippen molar-refractivity contribution in [1.82, 2.24) is 19.7 Å². The zero-order valence-corrected chi connectivity index (χ0v) is 17.1. The maximum atomic E-state index is 12.8. The lowest BCUT2D eigenvalue weighted by Crippen LogP contribution is -2.16. The van der Waals surface area contributed by atoms with Gasteiger partial charge in [0.2, 0.25) is 0 Å². The van der Waals surface area contributed by atoms with Crippen LogP contribution in [0.25, 0.3) is 11.4 Å². The Morgan fingerprint density at radius 1 is 1.04 bits per heavy atom. The van der Waals surface area contributed by atoms with Gasteiger partial charge in [-0.2, -0.15) is 0 Å². The van der Waals surface area contributed by atoms with Crippen LogP contribution in [0, 0.1) is 0 Å². The minimum atomic E-state index is -0.251. The van der Waals surface area contributed by atoms with Crippen molar-refractivity contribution < 1.29 is 4.79 Å². The summed E-state index contributed by atoms with van der Waals surface area (Å²) < 4.78 is 1.91. The van der Waals surface area contributed by atoms with Crippen molar-refractivity contribution in [2.45, 2.75) is 43.5 Å². The lowest BCUT2D eigenvalue weighted by molar-refractivity contribution is 0.0994. The molecule has 6 heteroatoms. The minimum Gasteiger partial charge on any atom is -0.305 e. The Morgan fingerprint density at radius 2 is 1.67 bits per heavy atom. The van der Waals surface area contributed by atoms with E-state index in [1.807, 2.05) is 54.9 Å². The van der Waals surface area contributed by atoms with Crippen LogP contribution >= 0.6 is 11.8 Å². The molecule has 0 radical (unpaired) electrons. The first-order valence-electron chi connectivity index (χ1n) is 8.88. The third-order valence-corrected chi connectivity index (χ3v) is 5.59. The molecule has 0 saturated carbocycles. The van der Waals surface area contributed by atoms with Gasteiger partial charge in [0.1, 0.15) is 0 Å². The summed E-state index contributed by atoms with van der Waals surface area (Å²) in [5.41, 5.74) is 2.96. The number of carbonyl (C=O) groups is 1. The van der Waals surface area contributed by atoms with Gasteiger partial charge >= 0.3 is 0 Å². The number of Topliss-reactive ketones (excluding diaryl/α,β-unsaturated/α-hetero) is 1. The molecule has 2 heterocycles. The fraction of sp³-hybridized carbons (Fsp3) is 0.333. The van der Waals surface area contributed by atoms with E-state index in [2.05, 4.69) is 36.0 Å². The number of nitrogens with zero attached hydrogens (tertiary/aromatic N) is 4. The highest BCUT2D eigenvalue weighted by molar-refractivity contribution is 8.00. The Hall–Kier alpha value is -2.47. The Kier molecular flexibility index (Phi) is 5.46. The van der Waals surface area contributed by atoms with Crippen molar-refractivity contribution in [3.05, 3.63) is 59.9 Å². The second-order valence-electron chi connectivity index (χ2n) is 7.55. The number of ketones is 1. The van der Waals surface area contributed by atoms with Gasteiger partial charge in [0.15, 0.2) is 16.8 Å². The van der Waals surface area contributed by atoms with E-state index in [0.29, 0.717) is 5.16 Å². The molecule has 1 atom stereocenters. The monoisotopic (exact) mass is 380 g/mol. The predicted molar refractivity (Wildman–Crippen MR) is 109 cm³/mol. The second kappa shape index (κ2) is 7.64. The first kappa shape index (κ1) is 19.3. The summed E-state index contributed by atoms with van der Waals surface area (Å²) in [6.45, 7) is 8.40. The number of aromatic nitrogens is 4. The van der Waals surface area contributed by atoms with Gasteiger partial charge in [-0.3, -0.25) is 9.78 Å². The molecule has 2 aromatic heterocycles. The Balaban J connectivity index is 1.75. The van der Waals surface area contributed by atoms with Crippen molar-refractivity contribution in [1.29, 1.82) is 0 Å². The number of benzene rings is 1. The van der Waals surface area contributed by atoms with Crippen LogP contribution < -0.4 is 0 Å². The van der Waals surface area contributed by atoms with E-state index in [-0.39, 0.29) is 16.4 Å². The average molecular weight is 381 g/mol. The maximum Gasteiger partial charge on any atom is 0.191 e. The van der Waals surface area contributed by atoms with Crippen molar-refractivity contribution in [3.63, 3.8) is 0 Å². The van der Waals surface area contributed by atoms with Gasteiger partial charge in [-0.15, -0.1) is 10.2 Å². The van der Waals surface area contributed by atoms with Gasteiger partial charge in [0.05, 0.1) is 5.25 Å². The van der Waals surface area contributed by atoms with E-state index in [1.165, 1.54) is 17.3 Å². The molecule has 0 saturated heterocycles. The third-order valence-electron chi connectivity index (χ3n) is 4.46. The van der Waals surface area contributed by atoms with Crippen LogP contribution in [0.4, 0.5) is 0 Å². The first-order chi connectivity index (χ1) is 12.8. The SMILES string of the molecule is CC(Sc1nnc(-c2ccncc2)n1C)C(=O)c1ccc(C(C)(C)C)cc1. The predicted octanol–water partition coefficient (Wildman–Crippen LogP) is 4.54. The van der Waals surface area contributed by atoms with Crippen LogP contribution in [0.3, 0.4) is 0 Å². The molecule has 0 aliphatic heterocycles. The Morgan fingerprint density at radius 3 is 2.26 bits per heavy atom. The van der Waals surface area contributed by atoms with Gasteiger partial charge in [-0.05, 0) is 30.0 Å². The largest absolute Gasteiger partial charge is 0.305 e. The molecule has 0 amide bonds. The van der Waals surface area contributed by atoms with E-state index in [4.69, 9.17) is 0 Å². The standard InChI is InChI=1S/C21H24N4OS/c1-14(18(26)15-6-8-17(9-7-15)21(2,3)4)27-20-24-23-19(25(20)5)16-10-12-22-13-11-16/h6-14H,1-5H3. The van der Waals surface area contributed by atoms with Crippen LogP contribution in [0.15, 0.2) is 53.9 Å². The summed E-state index contributed by atoms with van der Waals surface area (Å²) in [4.78, 5) is 16.8. The maximum absolute atomic E-state index is 12.8. The molecule has 0 N–H and O–H groups in total. The van der Waals surface area contributed by atoms with Crippen molar-refractivity contribution in [3.8, 4) is 11.4 Å². The summed E-state index contributed by atoms with van der Waals surface area (Å²) in [6.07, 6.45) is 3.45. The molecule has 5 nitrogen and oxygen atoms in total. The molecule has 0 aliphatic carbocycles. The van der Waals surface area contributed by atoms with Gasteiger partial charge < -0.3 is 4.57 Å². The number of hydrogen-bond donors (Lipinski definition) is 0. The molecular formula is C21H24N4OS. The number of hydrogen-bond acceptors (Lipinski definition) is 5. The summed E-state index contributed by atoms with van der Waals surface area (Å²) in [5, 5.41) is 8.99. The fourth-order valence-electron chi connectivity index (χ4n) is 2.75. The highest BCUT2D eigenvalue weighted by atomic mass is 32.2. The van der Waals surface area contributed by atoms with E-state index in [1.54, 1.807) is 12.4 Å². The summed E-state index contributed by atoms with van der Waals surface area (Å²) in [6, 6.07) is 11.7. The van der Waals surface area contributed by atoms with Crippen molar-refractivity contribution >= 4 is 17.5 Å². The van der Waals surface area contributed by atoms with Gasteiger partial charge in [-0.25, -0.2) is 0 Å². The molecule has 0 spiro atoms. The zero-order chi connectivity index (χ0) is 19.6. The van der Waals surface area contributed by atoms with Crippen LogP contribution in [-0.4, -0.2) is 30.8 Å². The highest BCUT2D eigenvalue weighted by Crippen LogP contribution is 2.28. The smallest absolute Gasteiger partial charge is 0.191 e. The topological polar surface area (TPSA) is 60.7 Å². The Bertz CT molecular complexity index is 927. The van der Waals surface area contributed by atoms with Crippen molar-refractivity contribution in [2.24, 2.45) is 7.05 Å². The van der Waals surface area contributed by atoms with Crippen molar-refractivity contribution in [2.75, 3.05) is 0 Å². The van der Waals surface area contributed by atoms with E-state index in [0.717, 1.165) is 17.0 Å². The molecule has 0 fully saturated rings. The summed E-state index contributed by atoms with van der Waals surface area (Å²) in [5.74, 6) is 0.850. The lowest BCUT2D eigenvalue weighted by Gasteiger charge is -2.19. The normalized spacial score (nSPS) is 12.8. The molecule has 0 bridgehead atoms. The number of thioether (sulfide) groups is 1. The van der Waals surface area contributed by atoms with Crippen LogP contribution in [0.2, 0.25) is 0 Å². The molecule has 27 heavy (non-hydrogen) atoms. The van der Waals surface area contributed by atoms with Crippen LogP contribution in [0.1, 0.15) is 43.6 Å². The average Bonchev–Trinajstić information content (AvgIpc) is 3.01. The summed E-state index contributed by atoms with van der Waals surface area (Å²) in [7, 11) is 1.91. The van der Waals surface area contributed by atoms with Gasteiger partial charge in [-0.1, -0.05) is 56.8 Å². The van der Waals surface area contributed by atoms with Gasteiger partial charge in [0.25, 0.3) is 0 Å². The molecule has 0 aliphatic rings. The lowest BCUT2D eigenvalue weighted by atomic mass is 9.86. The van der Waals surface area contributed by atoms with Crippen LogP contribution in [0.5, 0.6) is 0 Å². The van der Waals surface area contributed by atoms with E-state index in [9.17, 15) is 4.79 Å². The fourth-order valence-corrected chi connectivity index (χ4v) is 3.64. The zero-order valence-electron chi connectivity index (χ0n) is 16.3. The minimum absolute atomic E-state index is 0.0733. The van der Waals surface area contributed by atoms with E-state index < -0.39 is 0 Å². The second-order valence-corrected chi connectivity index (χ2v) is 8.86. The molecular weight excluding hydrogens is 356 g/mol. The first-order valence-corrected chi connectivity index (χ1v) is 9.76. The Labute approximate surface area is 164 Å². The third kappa shape index (κ3) is 4.27. The highest BCUT2D eigenvalue weighted by Gasteiger charge is 2.21. The number of carbonyl (C=O) groups excluding carboxylic acids is 1. The summed E-state index contributed by atoms with van der Waals surface area (Å²) >= 11 is 1.42. The molecule has 3 rings (SSSR count).